The average molecular weight is 439 g/mol. The number of amides is 4. The standard InChI is InChI=1S/C21H28ClFN4O3/c1-21(2)19(29)27(20(30)25-21)12-6-9-17(28)24-13-16(26-10-3-4-11-26)18-14(22)7-5-8-15(18)23/h5,7-8,16H,3-4,6,9-13H2,1-2H3,(H,24,28)(H,25,30). The van der Waals surface area contributed by atoms with Crippen LogP contribution in [0.2, 0.25) is 5.02 Å². The third-order valence-electron chi connectivity index (χ3n) is 5.64. The van der Waals surface area contributed by atoms with Gasteiger partial charge in [-0.05, 0) is 58.3 Å². The van der Waals surface area contributed by atoms with E-state index in [4.69, 9.17) is 11.6 Å². The lowest BCUT2D eigenvalue weighted by molar-refractivity contribution is -0.130. The summed E-state index contributed by atoms with van der Waals surface area (Å²) in [5.74, 6) is -0.885. The molecule has 0 aromatic heterocycles. The Morgan fingerprint density at radius 2 is 2.00 bits per heavy atom. The van der Waals surface area contributed by atoms with Crippen molar-refractivity contribution in [1.29, 1.82) is 0 Å². The topological polar surface area (TPSA) is 81.8 Å². The predicted molar refractivity (Wildman–Crippen MR) is 112 cm³/mol. The van der Waals surface area contributed by atoms with Crippen molar-refractivity contribution in [2.24, 2.45) is 0 Å². The average Bonchev–Trinajstić information content (AvgIpc) is 3.26. The Morgan fingerprint density at radius 3 is 2.60 bits per heavy atom. The second-order valence-electron chi connectivity index (χ2n) is 8.31. The summed E-state index contributed by atoms with van der Waals surface area (Å²) in [4.78, 5) is 39.7. The van der Waals surface area contributed by atoms with Crippen molar-refractivity contribution in [3.63, 3.8) is 0 Å². The molecule has 3 rings (SSSR count). The van der Waals surface area contributed by atoms with Crippen molar-refractivity contribution in [3.8, 4) is 0 Å². The highest BCUT2D eigenvalue weighted by atomic mass is 35.5. The summed E-state index contributed by atoms with van der Waals surface area (Å²) in [6.07, 6.45) is 2.57. The van der Waals surface area contributed by atoms with E-state index in [0.29, 0.717) is 17.0 Å². The van der Waals surface area contributed by atoms with E-state index in [1.165, 1.54) is 6.07 Å². The maximum atomic E-state index is 14.5. The summed E-state index contributed by atoms with van der Waals surface area (Å²) in [5, 5.41) is 5.83. The largest absolute Gasteiger partial charge is 0.354 e. The van der Waals surface area contributed by atoms with E-state index in [0.717, 1.165) is 30.8 Å². The van der Waals surface area contributed by atoms with Crippen LogP contribution in [-0.2, 0) is 9.59 Å². The van der Waals surface area contributed by atoms with Crippen molar-refractivity contribution >= 4 is 29.4 Å². The highest BCUT2D eigenvalue weighted by Crippen LogP contribution is 2.32. The van der Waals surface area contributed by atoms with E-state index < -0.39 is 11.6 Å². The van der Waals surface area contributed by atoms with Crippen LogP contribution in [0.3, 0.4) is 0 Å². The van der Waals surface area contributed by atoms with Crippen LogP contribution in [-0.4, -0.2) is 59.4 Å². The molecule has 2 aliphatic rings. The van der Waals surface area contributed by atoms with E-state index in [-0.39, 0.29) is 43.2 Å². The highest BCUT2D eigenvalue weighted by Gasteiger charge is 2.43. The molecule has 0 spiro atoms. The Bertz CT molecular complexity index is 806. The number of benzene rings is 1. The summed E-state index contributed by atoms with van der Waals surface area (Å²) in [6, 6.07) is 3.83. The quantitative estimate of drug-likeness (QED) is 0.611. The van der Waals surface area contributed by atoms with Crippen molar-refractivity contribution in [3.05, 3.63) is 34.6 Å². The van der Waals surface area contributed by atoms with E-state index in [9.17, 15) is 18.8 Å². The van der Waals surface area contributed by atoms with Gasteiger partial charge in [0.1, 0.15) is 11.4 Å². The monoisotopic (exact) mass is 438 g/mol. The molecule has 0 saturated carbocycles. The van der Waals surface area contributed by atoms with Crippen LogP contribution in [0.1, 0.15) is 51.1 Å². The zero-order chi connectivity index (χ0) is 21.9. The Hall–Kier alpha value is -2.19. The molecule has 0 radical (unpaired) electrons. The molecule has 7 nitrogen and oxygen atoms in total. The molecular weight excluding hydrogens is 411 g/mol. The number of halogens is 2. The smallest absolute Gasteiger partial charge is 0.325 e. The summed E-state index contributed by atoms with van der Waals surface area (Å²) in [6.45, 7) is 5.37. The zero-order valence-corrected chi connectivity index (χ0v) is 18.1. The number of urea groups is 1. The number of rotatable bonds is 8. The van der Waals surface area contributed by atoms with Crippen LogP contribution in [0.5, 0.6) is 0 Å². The lowest BCUT2D eigenvalue weighted by Gasteiger charge is -2.29. The molecule has 1 atom stereocenters. The Morgan fingerprint density at radius 1 is 1.30 bits per heavy atom. The number of nitrogens with zero attached hydrogens (tertiary/aromatic N) is 2. The van der Waals surface area contributed by atoms with Crippen LogP contribution in [0.25, 0.3) is 0 Å². The number of carbonyl (C=O) groups is 3. The molecule has 2 N–H and O–H groups in total. The molecule has 2 fully saturated rings. The SMILES string of the molecule is CC1(C)NC(=O)N(CCCC(=O)NCC(c2c(F)cccc2Cl)N2CCCC2)C1=O. The van der Waals surface area contributed by atoms with Gasteiger partial charge in [-0.25, -0.2) is 9.18 Å². The summed E-state index contributed by atoms with van der Waals surface area (Å²) >= 11 is 6.27. The highest BCUT2D eigenvalue weighted by molar-refractivity contribution is 6.31. The maximum absolute atomic E-state index is 14.5. The lowest BCUT2D eigenvalue weighted by atomic mass is 10.0. The minimum atomic E-state index is -0.915. The molecule has 1 unspecified atom stereocenters. The predicted octanol–water partition coefficient (Wildman–Crippen LogP) is 2.84. The summed E-state index contributed by atoms with van der Waals surface area (Å²) in [7, 11) is 0. The molecule has 1 aromatic rings. The molecule has 164 valence electrons. The lowest BCUT2D eigenvalue weighted by Crippen LogP contribution is -2.40. The number of hydrogen-bond donors (Lipinski definition) is 2. The first-order valence-corrected chi connectivity index (χ1v) is 10.7. The van der Waals surface area contributed by atoms with Crippen LogP contribution >= 0.6 is 11.6 Å². The Labute approximate surface area is 180 Å². The normalized spacial score (nSPS) is 19.8. The van der Waals surface area contributed by atoms with Gasteiger partial charge >= 0.3 is 6.03 Å². The number of nitrogens with one attached hydrogen (secondary N) is 2. The Kier molecular flexibility index (Phi) is 6.98. The summed E-state index contributed by atoms with van der Waals surface area (Å²) < 4.78 is 14.5. The molecule has 30 heavy (non-hydrogen) atoms. The van der Waals surface area contributed by atoms with Crippen molar-refractivity contribution in [1.82, 2.24) is 20.4 Å². The van der Waals surface area contributed by atoms with Crippen LogP contribution in [0.15, 0.2) is 18.2 Å². The first-order chi connectivity index (χ1) is 14.2. The van der Waals surface area contributed by atoms with Crippen LogP contribution < -0.4 is 10.6 Å². The van der Waals surface area contributed by atoms with Crippen molar-refractivity contribution in [2.75, 3.05) is 26.2 Å². The Balaban J connectivity index is 1.55. The molecule has 9 heteroatoms. The third-order valence-corrected chi connectivity index (χ3v) is 5.97. The molecule has 1 aromatic carbocycles. The summed E-state index contributed by atoms with van der Waals surface area (Å²) in [5.41, 5.74) is -0.510. The fourth-order valence-corrected chi connectivity index (χ4v) is 4.30. The van der Waals surface area contributed by atoms with Gasteiger partial charge < -0.3 is 10.6 Å². The molecule has 4 amide bonds. The van der Waals surface area contributed by atoms with Crippen LogP contribution in [0.4, 0.5) is 9.18 Å². The van der Waals surface area contributed by atoms with Gasteiger partial charge in [-0.3, -0.25) is 19.4 Å². The second-order valence-corrected chi connectivity index (χ2v) is 8.72. The van der Waals surface area contributed by atoms with Gasteiger partial charge in [-0.2, -0.15) is 0 Å². The first kappa shape index (κ1) is 22.5. The van der Waals surface area contributed by atoms with Gasteiger partial charge in [-0.1, -0.05) is 17.7 Å². The fraction of sp³-hybridized carbons (Fsp3) is 0.571. The van der Waals surface area contributed by atoms with E-state index >= 15 is 0 Å². The van der Waals surface area contributed by atoms with Crippen LogP contribution in [0, 0.1) is 5.82 Å². The molecule has 2 aliphatic heterocycles. The van der Waals surface area contributed by atoms with Gasteiger partial charge in [0.15, 0.2) is 0 Å². The van der Waals surface area contributed by atoms with Gasteiger partial charge in [-0.15, -0.1) is 0 Å². The number of carbonyl (C=O) groups excluding carboxylic acids is 3. The zero-order valence-electron chi connectivity index (χ0n) is 17.3. The fourth-order valence-electron chi connectivity index (χ4n) is 4.01. The van der Waals surface area contributed by atoms with Gasteiger partial charge in [0.05, 0.1) is 6.04 Å². The van der Waals surface area contributed by atoms with E-state index in [1.54, 1.807) is 26.0 Å². The maximum Gasteiger partial charge on any atom is 0.325 e. The number of likely N-dealkylation sites (tertiary alicyclic amines) is 1. The number of imide groups is 1. The molecule has 2 heterocycles. The van der Waals surface area contributed by atoms with Gasteiger partial charge in [0, 0.05) is 30.1 Å². The number of hydrogen-bond acceptors (Lipinski definition) is 4. The van der Waals surface area contributed by atoms with E-state index in [2.05, 4.69) is 15.5 Å². The minimum absolute atomic E-state index is 0.162. The van der Waals surface area contributed by atoms with E-state index in [1.807, 2.05) is 0 Å². The third kappa shape index (κ3) is 4.92. The molecule has 0 aliphatic carbocycles. The molecular formula is C21H28ClFN4O3. The van der Waals surface area contributed by atoms with Gasteiger partial charge in [0.2, 0.25) is 5.91 Å². The molecule has 2 saturated heterocycles. The van der Waals surface area contributed by atoms with Crippen molar-refractivity contribution in [2.45, 2.75) is 51.1 Å². The van der Waals surface area contributed by atoms with Gasteiger partial charge in [0.25, 0.3) is 5.91 Å². The van der Waals surface area contributed by atoms with Crippen molar-refractivity contribution < 1.29 is 18.8 Å². The second kappa shape index (κ2) is 9.31. The first-order valence-electron chi connectivity index (χ1n) is 10.3. The minimum Gasteiger partial charge on any atom is -0.354 e. The molecule has 0 bridgehead atoms.